The molecule has 3 aromatic heterocycles. The number of hydrogen-bond donors (Lipinski definition) is 0. The highest BCUT2D eigenvalue weighted by Crippen LogP contribution is 2.41. The van der Waals surface area contributed by atoms with Crippen molar-refractivity contribution in [2.75, 3.05) is 0 Å². The normalized spacial score (nSPS) is 13.0. The molecule has 0 atom stereocenters. The lowest BCUT2D eigenvalue weighted by Gasteiger charge is -2.20. The summed E-state index contributed by atoms with van der Waals surface area (Å²) in [4.78, 5) is 0. The van der Waals surface area contributed by atoms with E-state index >= 15 is 4.39 Å². The van der Waals surface area contributed by atoms with Crippen molar-refractivity contribution in [2.24, 2.45) is 12.5 Å². The Labute approximate surface area is 180 Å². The first-order valence-electron chi connectivity index (χ1n) is 10.9. The van der Waals surface area contributed by atoms with E-state index in [-0.39, 0.29) is 11.2 Å². The molecule has 0 aliphatic rings. The van der Waals surface area contributed by atoms with Crippen LogP contribution in [0.15, 0.2) is 54.7 Å². The van der Waals surface area contributed by atoms with Crippen LogP contribution in [0.25, 0.3) is 49.0 Å². The molecule has 0 spiro atoms. The maximum absolute atomic E-state index is 15.1. The average Bonchev–Trinajstić information content (AvgIpc) is 3.03. The van der Waals surface area contributed by atoms with Crippen molar-refractivity contribution in [1.82, 2.24) is 4.40 Å². The quantitative estimate of drug-likeness (QED) is 0.159. The minimum absolute atomic E-state index is 0.159. The molecule has 6 rings (SSSR count). The zero-order valence-corrected chi connectivity index (χ0v) is 18.7. The number of aromatic nitrogens is 2. The van der Waals surface area contributed by atoms with Crippen LogP contribution in [0.5, 0.6) is 0 Å². The molecular formula is C28H26FN2+. The van der Waals surface area contributed by atoms with E-state index in [9.17, 15) is 0 Å². The minimum Gasteiger partial charge on any atom is -0.307 e. The standard InChI is InChI=1S/C28H26FN2/c1-16-9-10-19-25-20(29)7-6-8-21(25)31-22-14-17(15-28(2,3)4)13-18-11-12-30(5)27(24(18)22)23(16)26(19)31/h6-14H,15H2,1-5H3/q+1. The second-order valence-electron chi connectivity index (χ2n) is 10.2. The highest BCUT2D eigenvalue weighted by atomic mass is 19.1. The fraction of sp³-hybridized carbons (Fsp3) is 0.250. The van der Waals surface area contributed by atoms with Crippen LogP contribution in [-0.4, -0.2) is 4.40 Å². The van der Waals surface area contributed by atoms with Gasteiger partial charge in [0.05, 0.1) is 27.3 Å². The van der Waals surface area contributed by atoms with Gasteiger partial charge in [0, 0.05) is 16.8 Å². The van der Waals surface area contributed by atoms with Gasteiger partial charge in [0.15, 0.2) is 6.20 Å². The Morgan fingerprint density at radius 2 is 1.74 bits per heavy atom. The van der Waals surface area contributed by atoms with Crippen molar-refractivity contribution in [3.63, 3.8) is 0 Å². The topological polar surface area (TPSA) is 8.29 Å². The molecule has 6 aromatic rings. The average molecular weight is 410 g/mol. The molecule has 31 heavy (non-hydrogen) atoms. The van der Waals surface area contributed by atoms with Gasteiger partial charge < -0.3 is 4.40 Å². The van der Waals surface area contributed by atoms with Crippen LogP contribution in [0, 0.1) is 18.2 Å². The Kier molecular flexibility index (Phi) is 3.56. The fourth-order valence-electron chi connectivity index (χ4n) is 5.50. The molecule has 0 bridgehead atoms. The molecule has 3 heterocycles. The van der Waals surface area contributed by atoms with E-state index < -0.39 is 0 Å². The number of hydrogen-bond acceptors (Lipinski definition) is 0. The number of nitrogens with zero attached hydrogens (tertiary/aromatic N) is 2. The Morgan fingerprint density at radius 3 is 2.52 bits per heavy atom. The summed E-state index contributed by atoms with van der Waals surface area (Å²) in [5.74, 6) is -0.159. The van der Waals surface area contributed by atoms with Gasteiger partial charge in [0.2, 0.25) is 5.52 Å². The van der Waals surface area contributed by atoms with E-state index in [2.05, 4.69) is 80.2 Å². The summed E-state index contributed by atoms with van der Waals surface area (Å²) in [6.45, 7) is 8.98. The van der Waals surface area contributed by atoms with E-state index in [1.807, 2.05) is 12.1 Å². The molecule has 0 unspecified atom stereocenters. The first kappa shape index (κ1) is 18.6. The summed E-state index contributed by atoms with van der Waals surface area (Å²) in [7, 11) is 2.11. The highest BCUT2D eigenvalue weighted by Gasteiger charge is 2.25. The maximum Gasteiger partial charge on any atom is 0.224 e. The van der Waals surface area contributed by atoms with Crippen LogP contribution in [-0.2, 0) is 13.5 Å². The molecule has 0 fully saturated rings. The van der Waals surface area contributed by atoms with Gasteiger partial charge in [-0.15, -0.1) is 0 Å². The van der Waals surface area contributed by atoms with Crippen molar-refractivity contribution < 1.29 is 8.96 Å². The zero-order chi connectivity index (χ0) is 21.7. The minimum atomic E-state index is -0.159. The molecule has 3 aromatic carbocycles. The second kappa shape index (κ2) is 5.94. The van der Waals surface area contributed by atoms with Gasteiger partial charge in [-0.1, -0.05) is 45.0 Å². The molecule has 0 amide bonds. The van der Waals surface area contributed by atoms with Crippen LogP contribution in [0.2, 0.25) is 0 Å². The van der Waals surface area contributed by atoms with Gasteiger partial charge >= 0.3 is 0 Å². The molecule has 0 saturated carbocycles. The van der Waals surface area contributed by atoms with Crippen molar-refractivity contribution in [2.45, 2.75) is 34.1 Å². The molecule has 0 aliphatic heterocycles. The summed E-state index contributed by atoms with van der Waals surface area (Å²) >= 11 is 0. The zero-order valence-electron chi connectivity index (χ0n) is 18.7. The number of fused-ring (bicyclic) bond motifs is 5. The lowest BCUT2D eigenvalue weighted by atomic mass is 9.87. The molecule has 3 heteroatoms. The first-order valence-corrected chi connectivity index (χ1v) is 10.9. The van der Waals surface area contributed by atoms with Gasteiger partial charge in [-0.3, -0.25) is 0 Å². The van der Waals surface area contributed by atoms with Crippen molar-refractivity contribution in [1.29, 1.82) is 0 Å². The van der Waals surface area contributed by atoms with Crippen molar-refractivity contribution >= 4 is 49.0 Å². The van der Waals surface area contributed by atoms with Gasteiger partial charge in [-0.2, -0.15) is 0 Å². The molecule has 0 aliphatic carbocycles. The maximum atomic E-state index is 15.1. The van der Waals surface area contributed by atoms with E-state index in [1.165, 1.54) is 32.8 Å². The lowest BCUT2D eigenvalue weighted by Crippen LogP contribution is -2.29. The van der Waals surface area contributed by atoms with Gasteiger partial charge in [-0.05, 0) is 53.5 Å². The molecule has 0 N–H and O–H groups in total. The first-order chi connectivity index (χ1) is 14.7. The Bertz CT molecular complexity index is 1660. The Morgan fingerprint density at radius 1 is 0.935 bits per heavy atom. The van der Waals surface area contributed by atoms with E-state index in [0.717, 1.165) is 28.4 Å². The SMILES string of the molecule is Cc1ccc2c3c(F)cccc3n3c4cc(CC(C)(C)C)cc5cc[n+](C)c(c1c23)c54. The predicted octanol–water partition coefficient (Wildman–Crippen LogP) is 6.85. The van der Waals surface area contributed by atoms with Gasteiger partial charge in [-0.25, -0.2) is 8.96 Å². The fourth-order valence-corrected chi connectivity index (χ4v) is 5.50. The smallest absolute Gasteiger partial charge is 0.224 e. The molecule has 154 valence electrons. The Hall–Kier alpha value is -3.20. The summed E-state index contributed by atoms with van der Waals surface area (Å²) in [6, 6.07) is 16.5. The molecule has 0 radical (unpaired) electrons. The van der Waals surface area contributed by atoms with Crippen LogP contribution in [0.4, 0.5) is 4.39 Å². The van der Waals surface area contributed by atoms with Crippen LogP contribution < -0.4 is 4.57 Å². The van der Waals surface area contributed by atoms with Crippen molar-refractivity contribution in [3.05, 3.63) is 71.7 Å². The van der Waals surface area contributed by atoms with E-state index in [4.69, 9.17) is 0 Å². The van der Waals surface area contributed by atoms with Crippen LogP contribution in [0.1, 0.15) is 31.9 Å². The largest absolute Gasteiger partial charge is 0.307 e. The lowest BCUT2D eigenvalue weighted by molar-refractivity contribution is -0.643. The molecular weight excluding hydrogens is 383 g/mol. The number of pyridine rings is 2. The third kappa shape index (κ3) is 2.46. The number of halogens is 1. The van der Waals surface area contributed by atoms with Crippen molar-refractivity contribution in [3.8, 4) is 0 Å². The Balaban J connectivity index is 1.99. The van der Waals surface area contributed by atoms with Gasteiger partial charge in [0.1, 0.15) is 12.9 Å². The molecule has 2 nitrogen and oxygen atoms in total. The summed E-state index contributed by atoms with van der Waals surface area (Å²) in [6.07, 6.45) is 3.14. The third-order valence-electron chi connectivity index (χ3n) is 6.60. The van der Waals surface area contributed by atoms with Gasteiger partial charge in [0.25, 0.3) is 0 Å². The summed E-state index contributed by atoms with van der Waals surface area (Å²) in [5.41, 5.74) is 7.14. The predicted molar refractivity (Wildman–Crippen MR) is 128 cm³/mol. The number of benzene rings is 3. The number of aryl methyl sites for hydroxylation is 2. The number of rotatable bonds is 1. The molecule has 0 saturated heterocycles. The van der Waals surface area contributed by atoms with E-state index in [1.54, 1.807) is 6.07 Å². The third-order valence-corrected chi connectivity index (χ3v) is 6.60. The summed E-state index contributed by atoms with van der Waals surface area (Å²) < 4.78 is 19.6. The van der Waals surface area contributed by atoms with E-state index in [0.29, 0.717) is 5.39 Å². The van der Waals surface area contributed by atoms with Crippen LogP contribution >= 0.6 is 0 Å². The second-order valence-corrected chi connectivity index (χ2v) is 10.2. The summed E-state index contributed by atoms with van der Waals surface area (Å²) in [5, 5.41) is 5.39. The highest BCUT2D eigenvalue weighted by molar-refractivity contribution is 6.25. The monoisotopic (exact) mass is 409 g/mol. The van der Waals surface area contributed by atoms with Crippen LogP contribution in [0.3, 0.4) is 0 Å².